The maximum Gasteiger partial charge on any atom is 0.0759 e. The third-order valence-electron chi connectivity index (χ3n) is 3.93. The third-order valence-corrected chi connectivity index (χ3v) is 3.93. The number of hydrogen-bond acceptors (Lipinski definition) is 3. The second-order valence-corrected chi connectivity index (χ2v) is 5.45. The van der Waals surface area contributed by atoms with Crippen molar-refractivity contribution in [1.29, 1.82) is 0 Å². The van der Waals surface area contributed by atoms with Gasteiger partial charge in [0.05, 0.1) is 11.8 Å². The van der Waals surface area contributed by atoms with Crippen molar-refractivity contribution < 1.29 is 4.74 Å². The van der Waals surface area contributed by atoms with E-state index in [4.69, 9.17) is 4.74 Å². The number of hydrogen-bond donors (Lipinski definition) is 1. The number of aryl methyl sites for hydroxylation is 2. The van der Waals surface area contributed by atoms with E-state index in [1.54, 1.807) is 0 Å². The van der Waals surface area contributed by atoms with Gasteiger partial charge < -0.3 is 10.1 Å². The van der Waals surface area contributed by atoms with Crippen molar-refractivity contribution in [2.75, 3.05) is 13.7 Å². The number of likely N-dealkylation sites (N-methyl/N-ethyl adjacent to an activating group) is 1. The maximum absolute atomic E-state index is 5.98. The van der Waals surface area contributed by atoms with Crippen molar-refractivity contribution in [3.8, 4) is 0 Å². The highest BCUT2D eigenvalue weighted by atomic mass is 16.5. The van der Waals surface area contributed by atoms with Gasteiger partial charge in [0, 0.05) is 31.3 Å². The van der Waals surface area contributed by atoms with Crippen LogP contribution >= 0.6 is 0 Å². The lowest BCUT2D eigenvalue weighted by molar-refractivity contribution is 0.0206. The predicted molar refractivity (Wildman–Crippen MR) is 77.3 cm³/mol. The third kappa shape index (κ3) is 3.57. The van der Waals surface area contributed by atoms with Crippen LogP contribution in [0.25, 0.3) is 0 Å². The average molecular weight is 265 g/mol. The van der Waals surface area contributed by atoms with Gasteiger partial charge in [-0.05, 0) is 52.6 Å². The van der Waals surface area contributed by atoms with Gasteiger partial charge in [-0.25, -0.2) is 0 Å². The summed E-state index contributed by atoms with van der Waals surface area (Å²) in [6.45, 7) is 8.02. The summed E-state index contributed by atoms with van der Waals surface area (Å²) in [4.78, 5) is 0. The maximum atomic E-state index is 5.98. The van der Waals surface area contributed by atoms with E-state index in [1.807, 2.05) is 7.05 Å². The van der Waals surface area contributed by atoms with Gasteiger partial charge >= 0.3 is 0 Å². The highest BCUT2D eigenvalue weighted by Gasteiger charge is 2.37. The molecular weight excluding hydrogens is 238 g/mol. The SMILES string of the molecule is CCOC(C1CC1)C(Cc1cc(C)nn1CC)NC. The fourth-order valence-corrected chi connectivity index (χ4v) is 2.84. The Kier molecular flexibility index (Phi) is 4.99. The second-order valence-electron chi connectivity index (χ2n) is 5.45. The zero-order valence-electron chi connectivity index (χ0n) is 12.6. The molecule has 0 radical (unpaired) electrons. The molecule has 2 unspecified atom stereocenters. The molecule has 1 aromatic rings. The van der Waals surface area contributed by atoms with Gasteiger partial charge in [0.25, 0.3) is 0 Å². The molecule has 0 aliphatic heterocycles. The molecule has 1 aliphatic rings. The molecule has 1 fully saturated rings. The summed E-state index contributed by atoms with van der Waals surface area (Å²) in [5.74, 6) is 0.747. The van der Waals surface area contributed by atoms with Crippen LogP contribution in [0.2, 0.25) is 0 Å². The molecule has 2 rings (SSSR count). The molecule has 0 spiro atoms. The van der Waals surface area contributed by atoms with Gasteiger partial charge in [0.15, 0.2) is 0 Å². The first-order valence-electron chi connectivity index (χ1n) is 7.51. The molecule has 0 bridgehead atoms. The van der Waals surface area contributed by atoms with Crippen LogP contribution in [0.3, 0.4) is 0 Å². The van der Waals surface area contributed by atoms with E-state index >= 15 is 0 Å². The highest BCUT2D eigenvalue weighted by molar-refractivity contribution is 5.11. The standard InChI is InChI=1S/C15H27N3O/c1-5-18-13(9-11(3)17-18)10-14(16-4)15(19-6-2)12-7-8-12/h9,12,14-16H,5-8,10H2,1-4H3. The molecule has 2 atom stereocenters. The van der Waals surface area contributed by atoms with E-state index in [9.17, 15) is 0 Å². The minimum atomic E-state index is 0.343. The number of aromatic nitrogens is 2. The van der Waals surface area contributed by atoms with E-state index < -0.39 is 0 Å². The van der Waals surface area contributed by atoms with Crippen LogP contribution in [0.4, 0.5) is 0 Å². The Morgan fingerprint density at radius 3 is 2.74 bits per heavy atom. The van der Waals surface area contributed by atoms with Crippen LogP contribution in [0.5, 0.6) is 0 Å². The summed E-state index contributed by atoms with van der Waals surface area (Å²) in [5.41, 5.74) is 2.41. The topological polar surface area (TPSA) is 39.1 Å². The average Bonchev–Trinajstić information content (AvgIpc) is 3.17. The summed E-state index contributed by atoms with van der Waals surface area (Å²) in [6.07, 6.45) is 3.96. The predicted octanol–water partition coefficient (Wildman–Crippen LogP) is 2.16. The normalized spacial score (nSPS) is 18.5. The van der Waals surface area contributed by atoms with Gasteiger partial charge in [-0.2, -0.15) is 5.10 Å². The van der Waals surface area contributed by atoms with Gasteiger partial charge in [0.1, 0.15) is 0 Å². The first-order chi connectivity index (χ1) is 9.19. The molecule has 4 heteroatoms. The Morgan fingerprint density at radius 2 is 2.21 bits per heavy atom. The van der Waals surface area contributed by atoms with Gasteiger partial charge in [0.2, 0.25) is 0 Å². The summed E-state index contributed by atoms with van der Waals surface area (Å²) in [7, 11) is 2.04. The number of rotatable bonds is 8. The highest BCUT2D eigenvalue weighted by Crippen LogP contribution is 2.36. The fourth-order valence-electron chi connectivity index (χ4n) is 2.84. The Labute approximate surface area is 116 Å². The lowest BCUT2D eigenvalue weighted by Gasteiger charge is -2.27. The Hall–Kier alpha value is -0.870. The zero-order chi connectivity index (χ0) is 13.8. The molecule has 0 aromatic carbocycles. The minimum Gasteiger partial charge on any atom is -0.377 e. The minimum absolute atomic E-state index is 0.343. The number of nitrogens with one attached hydrogen (secondary N) is 1. The van der Waals surface area contributed by atoms with E-state index in [-0.39, 0.29) is 0 Å². The first kappa shape index (κ1) is 14.5. The van der Waals surface area contributed by atoms with Crippen LogP contribution < -0.4 is 5.32 Å². The lowest BCUT2D eigenvalue weighted by atomic mass is 10.0. The van der Waals surface area contributed by atoms with E-state index in [1.165, 1.54) is 18.5 Å². The van der Waals surface area contributed by atoms with Crippen molar-refractivity contribution in [2.24, 2.45) is 5.92 Å². The lowest BCUT2D eigenvalue weighted by Crippen LogP contribution is -2.43. The largest absolute Gasteiger partial charge is 0.377 e. The fraction of sp³-hybridized carbons (Fsp3) is 0.800. The van der Waals surface area contributed by atoms with E-state index in [0.717, 1.165) is 31.2 Å². The number of ether oxygens (including phenoxy) is 1. The molecule has 1 heterocycles. The Balaban J connectivity index is 2.08. The van der Waals surface area contributed by atoms with Crippen LogP contribution in [0, 0.1) is 12.8 Å². The first-order valence-corrected chi connectivity index (χ1v) is 7.51. The summed E-state index contributed by atoms with van der Waals surface area (Å²) in [6, 6.07) is 2.58. The zero-order valence-corrected chi connectivity index (χ0v) is 12.6. The van der Waals surface area contributed by atoms with Gasteiger partial charge in [-0.3, -0.25) is 4.68 Å². The van der Waals surface area contributed by atoms with Gasteiger partial charge in [-0.15, -0.1) is 0 Å². The van der Waals surface area contributed by atoms with Crippen LogP contribution in [0.1, 0.15) is 38.1 Å². The summed E-state index contributed by atoms with van der Waals surface area (Å²) < 4.78 is 8.09. The Morgan fingerprint density at radius 1 is 1.47 bits per heavy atom. The monoisotopic (exact) mass is 265 g/mol. The molecule has 4 nitrogen and oxygen atoms in total. The van der Waals surface area contributed by atoms with E-state index in [0.29, 0.717) is 12.1 Å². The van der Waals surface area contributed by atoms with Crippen molar-refractivity contribution in [2.45, 2.75) is 58.7 Å². The van der Waals surface area contributed by atoms with Gasteiger partial charge in [-0.1, -0.05) is 0 Å². The molecule has 1 aromatic heterocycles. The number of nitrogens with zero attached hydrogens (tertiary/aromatic N) is 2. The van der Waals surface area contributed by atoms with Crippen molar-refractivity contribution >= 4 is 0 Å². The molecule has 19 heavy (non-hydrogen) atoms. The summed E-state index contributed by atoms with van der Waals surface area (Å²) >= 11 is 0. The smallest absolute Gasteiger partial charge is 0.0759 e. The van der Waals surface area contributed by atoms with E-state index in [2.05, 4.69) is 41.9 Å². The molecule has 1 aliphatic carbocycles. The van der Waals surface area contributed by atoms with Crippen LogP contribution in [-0.4, -0.2) is 35.6 Å². The molecule has 0 amide bonds. The Bertz CT molecular complexity index is 398. The van der Waals surface area contributed by atoms with Crippen LogP contribution in [0.15, 0.2) is 6.07 Å². The molecule has 0 saturated heterocycles. The van der Waals surface area contributed by atoms with Crippen molar-refractivity contribution in [1.82, 2.24) is 15.1 Å². The molecule has 1 saturated carbocycles. The molecule has 108 valence electrons. The quantitative estimate of drug-likeness (QED) is 0.783. The second kappa shape index (κ2) is 6.53. The van der Waals surface area contributed by atoms with Crippen molar-refractivity contribution in [3.63, 3.8) is 0 Å². The van der Waals surface area contributed by atoms with Crippen molar-refractivity contribution in [3.05, 3.63) is 17.5 Å². The molecule has 1 N–H and O–H groups in total. The van der Waals surface area contributed by atoms with Crippen LogP contribution in [-0.2, 0) is 17.7 Å². The summed E-state index contributed by atoms with van der Waals surface area (Å²) in [5, 5.41) is 7.98. The molecular formula is C15H27N3O.